The Morgan fingerprint density at radius 2 is 1.95 bits per heavy atom. The Labute approximate surface area is 110 Å². The number of nitrogens with one attached hydrogen (secondary N) is 1. The average molecular weight is 254 g/mol. The Balaban J connectivity index is 1.89. The number of fused-ring (bicyclic) bond motifs is 1. The molecule has 3 rings (SSSR count). The normalized spacial score (nSPS) is 10.8. The van der Waals surface area contributed by atoms with Crippen molar-refractivity contribution in [1.29, 1.82) is 0 Å². The summed E-state index contributed by atoms with van der Waals surface area (Å²) in [5.74, 6) is 6.73. The van der Waals surface area contributed by atoms with E-state index in [-0.39, 0.29) is 0 Å². The molecule has 0 fully saturated rings. The van der Waals surface area contributed by atoms with Crippen LogP contribution in [0.5, 0.6) is 0 Å². The van der Waals surface area contributed by atoms with Gasteiger partial charge in [-0.2, -0.15) is 0 Å². The first-order valence-corrected chi connectivity index (χ1v) is 5.96. The number of hydrogen-bond acceptors (Lipinski definition) is 5. The Bertz CT molecular complexity index is 688. The molecule has 0 unspecified atom stereocenters. The van der Waals surface area contributed by atoms with Crippen LogP contribution in [0.3, 0.4) is 0 Å². The summed E-state index contributed by atoms with van der Waals surface area (Å²) in [4.78, 5) is 15.4. The smallest absolute Gasteiger partial charge is 0.182 e. The molecule has 0 aliphatic rings. The first-order chi connectivity index (χ1) is 9.24. The highest BCUT2D eigenvalue weighted by Crippen LogP contribution is 2.18. The summed E-state index contributed by atoms with van der Waals surface area (Å²) in [6.45, 7) is 2.63. The van der Waals surface area contributed by atoms with Crippen LogP contribution >= 0.6 is 0 Å². The number of hydrazine groups is 1. The molecule has 0 aliphatic heterocycles. The molecule has 2 heterocycles. The van der Waals surface area contributed by atoms with E-state index in [1.54, 1.807) is 11.3 Å². The van der Waals surface area contributed by atoms with Gasteiger partial charge < -0.3 is 4.98 Å². The lowest BCUT2D eigenvalue weighted by atomic mass is 10.1. The van der Waals surface area contributed by atoms with Crippen LogP contribution in [0.25, 0.3) is 11.2 Å². The lowest BCUT2D eigenvalue weighted by Crippen LogP contribution is -2.31. The summed E-state index contributed by atoms with van der Waals surface area (Å²) >= 11 is 0. The molecule has 96 valence electrons. The number of nitrogens with zero attached hydrogens (tertiary/aromatic N) is 4. The van der Waals surface area contributed by atoms with Crippen molar-refractivity contribution in [1.82, 2.24) is 19.9 Å². The van der Waals surface area contributed by atoms with Crippen molar-refractivity contribution in [3.05, 3.63) is 48.0 Å². The van der Waals surface area contributed by atoms with E-state index in [1.165, 1.54) is 11.9 Å². The number of rotatable bonds is 3. The van der Waals surface area contributed by atoms with Crippen LogP contribution in [-0.2, 0) is 6.54 Å². The second-order valence-corrected chi connectivity index (χ2v) is 4.41. The lowest BCUT2D eigenvalue weighted by molar-refractivity contribution is 0.833. The van der Waals surface area contributed by atoms with Gasteiger partial charge in [0.15, 0.2) is 11.5 Å². The third-order valence-electron chi connectivity index (χ3n) is 2.95. The van der Waals surface area contributed by atoms with E-state index < -0.39 is 0 Å². The summed E-state index contributed by atoms with van der Waals surface area (Å²) in [5.41, 5.74) is 3.71. The van der Waals surface area contributed by atoms with Gasteiger partial charge in [0.1, 0.15) is 11.8 Å². The fourth-order valence-corrected chi connectivity index (χ4v) is 1.94. The summed E-state index contributed by atoms with van der Waals surface area (Å²) < 4.78 is 0. The molecule has 19 heavy (non-hydrogen) atoms. The molecule has 2 aromatic heterocycles. The third kappa shape index (κ3) is 2.25. The molecule has 0 spiro atoms. The molecule has 0 saturated heterocycles. The van der Waals surface area contributed by atoms with E-state index >= 15 is 0 Å². The highest BCUT2D eigenvalue weighted by atomic mass is 15.4. The largest absolute Gasteiger partial charge is 0.340 e. The minimum Gasteiger partial charge on any atom is -0.340 e. The van der Waals surface area contributed by atoms with Crippen LogP contribution in [-0.4, -0.2) is 19.9 Å². The zero-order valence-electron chi connectivity index (χ0n) is 10.5. The molecule has 0 saturated carbocycles. The van der Waals surface area contributed by atoms with Crippen LogP contribution in [0.15, 0.2) is 36.9 Å². The Hall–Kier alpha value is -2.47. The summed E-state index contributed by atoms with van der Waals surface area (Å²) in [7, 11) is 0. The molecule has 1 aromatic carbocycles. The quantitative estimate of drug-likeness (QED) is 0.547. The van der Waals surface area contributed by atoms with Gasteiger partial charge in [-0.1, -0.05) is 29.8 Å². The predicted molar refractivity (Wildman–Crippen MR) is 73.2 cm³/mol. The SMILES string of the molecule is Cc1ccc(CN(N)c2ncnc3nc[nH]c23)cc1. The zero-order chi connectivity index (χ0) is 13.2. The first-order valence-electron chi connectivity index (χ1n) is 5.96. The van der Waals surface area contributed by atoms with Crippen LogP contribution in [0.4, 0.5) is 5.82 Å². The summed E-state index contributed by atoms with van der Waals surface area (Å²) in [6, 6.07) is 8.24. The molecule has 6 heteroatoms. The molecular formula is C13H14N6. The highest BCUT2D eigenvalue weighted by Gasteiger charge is 2.11. The van der Waals surface area contributed by atoms with Gasteiger partial charge in [-0.3, -0.25) is 5.01 Å². The van der Waals surface area contributed by atoms with Gasteiger partial charge in [0.2, 0.25) is 0 Å². The number of aromatic nitrogens is 4. The van der Waals surface area contributed by atoms with E-state index in [2.05, 4.69) is 51.1 Å². The molecular weight excluding hydrogens is 240 g/mol. The standard InChI is InChI=1S/C13H14N6/c1-9-2-4-10(5-3-9)6-19(14)13-11-12(16-7-15-11)17-8-18-13/h2-5,7-8H,6,14H2,1H3,(H,15,16,17,18). The van der Waals surface area contributed by atoms with Gasteiger partial charge in [-0.15, -0.1) is 0 Å². The highest BCUT2D eigenvalue weighted by molar-refractivity contribution is 5.82. The minimum absolute atomic E-state index is 0.575. The van der Waals surface area contributed by atoms with Crippen LogP contribution in [0, 0.1) is 6.92 Å². The van der Waals surface area contributed by atoms with Crippen molar-refractivity contribution >= 4 is 17.0 Å². The maximum Gasteiger partial charge on any atom is 0.182 e. The Morgan fingerprint density at radius 3 is 2.74 bits per heavy atom. The molecule has 0 bridgehead atoms. The van der Waals surface area contributed by atoms with E-state index in [9.17, 15) is 0 Å². The van der Waals surface area contributed by atoms with Gasteiger partial charge in [0, 0.05) is 0 Å². The van der Waals surface area contributed by atoms with Crippen LogP contribution in [0.2, 0.25) is 0 Å². The minimum atomic E-state index is 0.575. The number of benzene rings is 1. The maximum absolute atomic E-state index is 6.09. The second kappa shape index (κ2) is 4.66. The topological polar surface area (TPSA) is 83.7 Å². The van der Waals surface area contributed by atoms with Gasteiger partial charge in [-0.05, 0) is 12.5 Å². The van der Waals surface area contributed by atoms with Crippen LogP contribution < -0.4 is 10.9 Å². The number of hydrogen-bond donors (Lipinski definition) is 2. The fourth-order valence-electron chi connectivity index (χ4n) is 1.94. The van der Waals surface area contributed by atoms with Crippen molar-refractivity contribution in [3.63, 3.8) is 0 Å². The summed E-state index contributed by atoms with van der Waals surface area (Å²) in [5, 5.41) is 1.59. The molecule has 0 amide bonds. The second-order valence-electron chi connectivity index (χ2n) is 4.41. The fraction of sp³-hybridized carbons (Fsp3) is 0.154. The Kier molecular flexibility index (Phi) is 2.85. The molecule has 3 aromatic rings. The molecule has 6 nitrogen and oxygen atoms in total. The molecule has 0 radical (unpaired) electrons. The maximum atomic E-state index is 6.09. The number of aryl methyl sites for hydroxylation is 1. The van der Waals surface area contributed by atoms with Crippen molar-refractivity contribution < 1.29 is 0 Å². The van der Waals surface area contributed by atoms with Gasteiger partial charge in [0.05, 0.1) is 12.9 Å². The molecule has 3 N–H and O–H groups in total. The van der Waals surface area contributed by atoms with Gasteiger partial charge in [0.25, 0.3) is 0 Å². The van der Waals surface area contributed by atoms with E-state index in [4.69, 9.17) is 5.84 Å². The number of aromatic amines is 1. The van der Waals surface area contributed by atoms with Crippen molar-refractivity contribution in [2.75, 3.05) is 5.01 Å². The van der Waals surface area contributed by atoms with Crippen molar-refractivity contribution in [3.8, 4) is 0 Å². The number of imidazole rings is 1. The lowest BCUT2D eigenvalue weighted by Gasteiger charge is -2.17. The molecule has 0 aliphatic carbocycles. The van der Waals surface area contributed by atoms with Crippen LogP contribution in [0.1, 0.15) is 11.1 Å². The van der Waals surface area contributed by atoms with E-state index in [0.717, 1.165) is 11.1 Å². The average Bonchev–Trinajstić information content (AvgIpc) is 2.89. The summed E-state index contributed by atoms with van der Waals surface area (Å²) in [6.07, 6.45) is 3.05. The number of anilines is 1. The monoisotopic (exact) mass is 254 g/mol. The number of nitrogens with two attached hydrogens (primary N) is 1. The van der Waals surface area contributed by atoms with Gasteiger partial charge >= 0.3 is 0 Å². The third-order valence-corrected chi connectivity index (χ3v) is 2.95. The van der Waals surface area contributed by atoms with Crippen molar-refractivity contribution in [2.24, 2.45) is 5.84 Å². The molecule has 0 atom stereocenters. The van der Waals surface area contributed by atoms with E-state index in [0.29, 0.717) is 18.0 Å². The van der Waals surface area contributed by atoms with E-state index in [1.807, 2.05) is 0 Å². The number of H-pyrrole nitrogens is 1. The Morgan fingerprint density at radius 1 is 1.16 bits per heavy atom. The first kappa shape index (κ1) is 11.6. The van der Waals surface area contributed by atoms with Gasteiger partial charge in [-0.25, -0.2) is 20.8 Å². The zero-order valence-corrected chi connectivity index (χ0v) is 10.5. The van der Waals surface area contributed by atoms with Crippen molar-refractivity contribution in [2.45, 2.75) is 13.5 Å². The predicted octanol–water partition coefficient (Wildman–Crippen LogP) is 1.54.